The molecule has 1 saturated heterocycles. The van der Waals surface area contributed by atoms with E-state index in [1.807, 2.05) is 0 Å². The molecule has 0 aliphatic carbocycles. The minimum Gasteiger partial charge on any atom is -0.370 e. The molecule has 0 radical (unpaired) electrons. The van der Waals surface area contributed by atoms with Gasteiger partial charge in [-0.1, -0.05) is 6.07 Å². The highest BCUT2D eigenvalue weighted by atomic mass is 79.9. The first-order valence-corrected chi connectivity index (χ1v) is 7.69. The van der Waals surface area contributed by atoms with Gasteiger partial charge in [0.2, 0.25) is 0 Å². The van der Waals surface area contributed by atoms with Gasteiger partial charge in [-0.15, -0.1) is 0 Å². The van der Waals surface area contributed by atoms with Crippen LogP contribution in [0.25, 0.3) is 0 Å². The van der Waals surface area contributed by atoms with Gasteiger partial charge >= 0.3 is 0 Å². The van der Waals surface area contributed by atoms with Gasteiger partial charge in [-0.25, -0.2) is 9.07 Å². The van der Waals surface area contributed by atoms with Crippen LogP contribution in [0.1, 0.15) is 18.4 Å². The highest BCUT2D eigenvalue weighted by Crippen LogP contribution is 2.18. The summed E-state index contributed by atoms with van der Waals surface area (Å²) in [6.45, 7) is 2.30. The number of nitrogens with zero attached hydrogens (tertiary/aromatic N) is 3. The van der Waals surface area contributed by atoms with Gasteiger partial charge < -0.3 is 4.90 Å². The summed E-state index contributed by atoms with van der Waals surface area (Å²) in [7, 11) is 0. The molecule has 1 aromatic heterocycles. The average molecular weight is 352 g/mol. The molecule has 0 amide bonds. The number of rotatable bonds is 3. The Balaban J connectivity index is 1.82. The molecule has 0 N–H and O–H groups in total. The summed E-state index contributed by atoms with van der Waals surface area (Å²) in [4.78, 5) is 14.3. The van der Waals surface area contributed by atoms with E-state index in [0.717, 1.165) is 37.2 Å². The van der Waals surface area contributed by atoms with Gasteiger partial charge in [0, 0.05) is 19.2 Å². The van der Waals surface area contributed by atoms with Crippen molar-refractivity contribution in [1.29, 1.82) is 0 Å². The lowest BCUT2D eigenvalue weighted by Crippen LogP contribution is -2.26. The molecule has 0 bridgehead atoms. The van der Waals surface area contributed by atoms with Crippen LogP contribution in [0, 0.1) is 5.82 Å². The third kappa shape index (κ3) is 3.15. The number of benzene rings is 1. The summed E-state index contributed by atoms with van der Waals surface area (Å²) in [6, 6.07) is 6.32. The van der Waals surface area contributed by atoms with E-state index in [2.05, 4.69) is 25.9 Å². The van der Waals surface area contributed by atoms with Gasteiger partial charge in [-0.2, -0.15) is 5.10 Å². The molecule has 21 heavy (non-hydrogen) atoms. The Morgan fingerprint density at radius 2 is 2.00 bits per heavy atom. The first-order chi connectivity index (χ1) is 10.1. The molecule has 110 valence electrons. The van der Waals surface area contributed by atoms with Crippen molar-refractivity contribution < 1.29 is 4.39 Å². The van der Waals surface area contributed by atoms with Crippen molar-refractivity contribution in [3.63, 3.8) is 0 Å². The van der Waals surface area contributed by atoms with Crippen LogP contribution in [-0.2, 0) is 6.54 Å². The Kier molecular flexibility index (Phi) is 4.05. The quantitative estimate of drug-likeness (QED) is 0.853. The molecule has 3 rings (SSSR count). The Morgan fingerprint density at radius 3 is 2.67 bits per heavy atom. The maximum absolute atomic E-state index is 13.2. The first-order valence-electron chi connectivity index (χ1n) is 6.89. The van der Waals surface area contributed by atoms with Crippen LogP contribution in [-0.4, -0.2) is 22.9 Å². The van der Waals surface area contributed by atoms with Gasteiger partial charge in [0.25, 0.3) is 5.56 Å². The maximum Gasteiger partial charge on any atom is 0.269 e. The van der Waals surface area contributed by atoms with Crippen LogP contribution in [0.15, 0.2) is 39.7 Å². The highest BCUT2D eigenvalue weighted by molar-refractivity contribution is 9.10. The number of aromatic nitrogens is 2. The predicted octanol–water partition coefficient (Wildman–Crippen LogP) is 2.79. The van der Waals surface area contributed by atoms with Crippen molar-refractivity contribution in [2.75, 3.05) is 18.0 Å². The second-order valence-corrected chi connectivity index (χ2v) is 6.01. The van der Waals surface area contributed by atoms with Crippen LogP contribution in [0.5, 0.6) is 0 Å². The van der Waals surface area contributed by atoms with Crippen LogP contribution >= 0.6 is 15.9 Å². The van der Waals surface area contributed by atoms with E-state index in [9.17, 15) is 9.18 Å². The first kappa shape index (κ1) is 14.3. The lowest BCUT2D eigenvalue weighted by molar-refractivity contribution is 0.613. The molecule has 0 unspecified atom stereocenters. The van der Waals surface area contributed by atoms with E-state index in [1.54, 1.807) is 24.4 Å². The van der Waals surface area contributed by atoms with Crippen molar-refractivity contribution >= 4 is 21.6 Å². The number of anilines is 1. The van der Waals surface area contributed by atoms with Gasteiger partial charge in [0.1, 0.15) is 5.82 Å². The van der Waals surface area contributed by atoms with Gasteiger partial charge in [-0.3, -0.25) is 4.79 Å². The number of halogens is 2. The molecule has 6 heteroatoms. The molecule has 1 aromatic carbocycles. The molecule has 0 spiro atoms. The largest absolute Gasteiger partial charge is 0.370 e. The molecular weight excluding hydrogens is 337 g/mol. The Labute approximate surface area is 130 Å². The minimum atomic E-state index is -0.316. The summed E-state index contributed by atoms with van der Waals surface area (Å²) in [5.74, 6) is -0.316. The summed E-state index contributed by atoms with van der Waals surface area (Å²) < 4.78 is 15.0. The lowest BCUT2D eigenvalue weighted by Gasteiger charge is -2.17. The third-order valence-corrected chi connectivity index (χ3v) is 4.25. The summed E-state index contributed by atoms with van der Waals surface area (Å²) in [6.07, 6.45) is 4.05. The fourth-order valence-corrected chi connectivity index (χ4v) is 2.93. The zero-order valence-electron chi connectivity index (χ0n) is 11.4. The SMILES string of the molecule is O=c1cc(N2CCCC2)cnn1Cc1ccc(F)c(Br)c1. The van der Waals surface area contributed by atoms with E-state index in [-0.39, 0.29) is 11.4 Å². The summed E-state index contributed by atoms with van der Waals surface area (Å²) in [5, 5.41) is 4.22. The van der Waals surface area contributed by atoms with Crippen molar-refractivity contribution in [2.24, 2.45) is 0 Å². The summed E-state index contributed by atoms with van der Waals surface area (Å²) >= 11 is 3.14. The second kappa shape index (κ2) is 5.97. The predicted molar refractivity (Wildman–Crippen MR) is 83.1 cm³/mol. The maximum atomic E-state index is 13.2. The van der Waals surface area contributed by atoms with Gasteiger partial charge in [0.15, 0.2) is 0 Å². The molecule has 1 fully saturated rings. The Bertz CT molecular complexity index is 710. The average Bonchev–Trinajstić information content (AvgIpc) is 2.99. The fraction of sp³-hybridized carbons (Fsp3) is 0.333. The molecule has 0 atom stereocenters. The fourth-order valence-electron chi connectivity index (χ4n) is 2.50. The molecule has 4 nitrogen and oxygen atoms in total. The standard InChI is InChI=1S/C15H15BrFN3O/c16-13-7-11(3-4-14(13)17)10-20-15(21)8-12(9-18-20)19-5-1-2-6-19/h3-4,7-9H,1-2,5-6,10H2. The van der Waals surface area contributed by atoms with Crippen molar-refractivity contribution in [2.45, 2.75) is 19.4 Å². The third-order valence-electron chi connectivity index (χ3n) is 3.64. The summed E-state index contributed by atoms with van der Waals surface area (Å²) in [5.41, 5.74) is 1.57. The second-order valence-electron chi connectivity index (χ2n) is 5.15. The van der Waals surface area contributed by atoms with E-state index < -0.39 is 0 Å². The van der Waals surface area contributed by atoms with Crippen molar-refractivity contribution in [1.82, 2.24) is 9.78 Å². The van der Waals surface area contributed by atoms with E-state index in [4.69, 9.17) is 0 Å². The van der Waals surface area contributed by atoms with Gasteiger partial charge in [0.05, 0.1) is 22.9 Å². The molecule has 2 heterocycles. The molecule has 0 saturated carbocycles. The van der Waals surface area contributed by atoms with E-state index in [1.165, 1.54) is 10.7 Å². The lowest BCUT2D eigenvalue weighted by atomic mass is 10.2. The Hall–Kier alpha value is -1.69. The zero-order valence-corrected chi connectivity index (χ0v) is 13.0. The smallest absolute Gasteiger partial charge is 0.269 e. The van der Waals surface area contributed by atoms with Crippen LogP contribution in [0.3, 0.4) is 0 Å². The highest BCUT2D eigenvalue weighted by Gasteiger charge is 2.13. The van der Waals surface area contributed by atoms with Crippen molar-refractivity contribution in [3.8, 4) is 0 Å². The topological polar surface area (TPSA) is 38.1 Å². The van der Waals surface area contributed by atoms with Crippen LogP contribution < -0.4 is 10.5 Å². The Morgan fingerprint density at radius 1 is 1.24 bits per heavy atom. The number of hydrogen-bond donors (Lipinski definition) is 0. The van der Waals surface area contributed by atoms with Crippen LogP contribution in [0.2, 0.25) is 0 Å². The van der Waals surface area contributed by atoms with Crippen molar-refractivity contribution in [3.05, 3.63) is 56.7 Å². The van der Waals surface area contributed by atoms with E-state index >= 15 is 0 Å². The molecular formula is C15H15BrFN3O. The molecule has 2 aromatic rings. The normalized spacial score (nSPS) is 14.7. The number of hydrogen-bond acceptors (Lipinski definition) is 3. The molecule has 1 aliphatic rings. The van der Waals surface area contributed by atoms with E-state index in [0.29, 0.717) is 11.0 Å². The molecule has 1 aliphatic heterocycles. The zero-order chi connectivity index (χ0) is 14.8. The van der Waals surface area contributed by atoms with Crippen LogP contribution in [0.4, 0.5) is 10.1 Å². The minimum absolute atomic E-state index is 0.139. The monoisotopic (exact) mass is 351 g/mol. The van der Waals surface area contributed by atoms with Gasteiger partial charge in [-0.05, 0) is 46.5 Å².